The highest BCUT2D eigenvalue weighted by Crippen LogP contribution is 2.42. The van der Waals surface area contributed by atoms with E-state index in [2.05, 4.69) is 15.2 Å². The SMILES string of the molecule is COc1ccc(N2C(=O)N(c3ccccc3C)Cc3cnc(Nc4cc(N5CCN(C)CC5)cc(C(F)(F)F)c4)nc32)c(OC)c1. The molecule has 13 heteroatoms. The van der Waals surface area contributed by atoms with Gasteiger partial charge in [0.1, 0.15) is 11.5 Å². The summed E-state index contributed by atoms with van der Waals surface area (Å²) in [7, 11) is 5.01. The summed E-state index contributed by atoms with van der Waals surface area (Å²) in [5, 5.41) is 2.98. The number of piperazine rings is 1. The van der Waals surface area contributed by atoms with E-state index in [-0.39, 0.29) is 30.0 Å². The largest absolute Gasteiger partial charge is 0.497 e. The standard InChI is InChI=1S/C33H34F3N7O3/c1-21-7-5-6-8-27(21)42-20-22-19-37-31(39-30(22)43(32(42)44)28-10-9-26(45-3)18-29(28)46-4)38-24-15-23(33(34,35)36)16-25(17-24)41-13-11-40(2)12-14-41/h5-10,15-19H,11-14,20H2,1-4H3,(H,37,38,39). The molecule has 0 aliphatic carbocycles. The van der Waals surface area contributed by atoms with Crippen LogP contribution in [0.25, 0.3) is 0 Å². The number of anilines is 6. The van der Waals surface area contributed by atoms with Crippen LogP contribution in [0.3, 0.4) is 0 Å². The molecule has 1 N–H and O–H groups in total. The number of likely N-dealkylation sites (N-methyl/N-ethyl adjacent to an activating group) is 1. The van der Waals surface area contributed by atoms with E-state index in [1.807, 2.05) is 43.1 Å². The van der Waals surface area contributed by atoms with Gasteiger partial charge in [-0.25, -0.2) is 14.7 Å². The number of amides is 2. The van der Waals surface area contributed by atoms with Crippen LogP contribution in [0.1, 0.15) is 16.7 Å². The number of nitrogens with one attached hydrogen (secondary N) is 1. The third-order valence-corrected chi connectivity index (χ3v) is 8.21. The summed E-state index contributed by atoms with van der Waals surface area (Å²) in [6.45, 7) is 4.79. The van der Waals surface area contributed by atoms with Crippen molar-refractivity contribution in [3.05, 3.63) is 83.6 Å². The number of para-hydroxylation sites is 1. The number of rotatable bonds is 7. The number of aryl methyl sites for hydroxylation is 1. The maximum Gasteiger partial charge on any atom is 0.416 e. The fourth-order valence-corrected chi connectivity index (χ4v) is 5.68. The summed E-state index contributed by atoms with van der Waals surface area (Å²) in [4.78, 5) is 30.6. The van der Waals surface area contributed by atoms with Gasteiger partial charge in [-0.2, -0.15) is 18.2 Å². The number of carbonyl (C=O) groups is 1. The number of alkyl halides is 3. The zero-order valence-corrected chi connectivity index (χ0v) is 25.9. The molecule has 0 unspecified atom stereocenters. The van der Waals surface area contributed by atoms with Gasteiger partial charge in [0.2, 0.25) is 5.95 Å². The summed E-state index contributed by atoms with van der Waals surface area (Å²) < 4.78 is 53.0. The lowest BCUT2D eigenvalue weighted by molar-refractivity contribution is -0.137. The number of hydrogen-bond acceptors (Lipinski definition) is 8. The van der Waals surface area contributed by atoms with Crippen molar-refractivity contribution in [3.63, 3.8) is 0 Å². The maximum absolute atomic E-state index is 14.3. The number of nitrogens with zero attached hydrogens (tertiary/aromatic N) is 6. The van der Waals surface area contributed by atoms with Gasteiger partial charge in [-0.05, 0) is 55.9 Å². The lowest BCUT2D eigenvalue weighted by Crippen LogP contribution is -2.46. The van der Waals surface area contributed by atoms with Crippen molar-refractivity contribution in [1.29, 1.82) is 0 Å². The van der Waals surface area contributed by atoms with Crippen LogP contribution >= 0.6 is 0 Å². The Hall–Kier alpha value is -5.04. The molecule has 6 rings (SSSR count). The minimum absolute atomic E-state index is 0.0389. The van der Waals surface area contributed by atoms with Crippen molar-refractivity contribution >= 4 is 40.5 Å². The zero-order valence-electron chi connectivity index (χ0n) is 25.9. The lowest BCUT2D eigenvalue weighted by Gasteiger charge is -2.37. The molecule has 2 aliphatic rings. The normalized spacial score (nSPS) is 15.5. The van der Waals surface area contributed by atoms with Gasteiger partial charge >= 0.3 is 12.2 Å². The molecular formula is C33H34F3N7O3. The predicted octanol–water partition coefficient (Wildman–Crippen LogP) is 6.59. The molecule has 1 fully saturated rings. The van der Waals surface area contributed by atoms with E-state index in [4.69, 9.17) is 14.5 Å². The van der Waals surface area contributed by atoms with E-state index < -0.39 is 11.7 Å². The monoisotopic (exact) mass is 633 g/mol. The quantitative estimate of drug-likeness (QED) is 0.244. The van der Waals surface area contributed by atoms with Crippen LogP contribution < -0.4 is 29.5 Å². The first-order valence-electron chi connectivity index (χ1n) is 14.7. The van der Waals surface area contributed by atoms with Crippen LogP contribution in [-0.2, 0) is 12.7 Å². The van der Waals surface area contributed by atoms with Gasteiger partial charge in [-0.15, -0.1) is 0 Å². The number of aromatic nitrogens is 2. The highest BCUT2D eigenvalue weighted by atomic mass is 19.4. The number of hydrogen-bond donors (Lipinski definition) is 1. The number of carbonyl (C=O) groups excluding carboxylic acids is 1. The molecule has 1 aromatic heterocycles. The highest BCUT2D eigenvalue weighted by molar-refractivity contribution is 6.11. The Labute approximate surface area is 265 Å². The van der Waals surface area contributed by atoms with Gasteiger partial charge in [0.05, 0.1) is 32.0 Å². The average molecular weight is 634 g/mol. The van der Waals surface area contributed by atoms with E-state index in [9.17, 15) is 18.0 Å². The van der Waals surface area contributed by atoms with E-state index >= 15 is 0 Å². The summed E-state index contributed by atoms with van der Waals surface area (Å²) >= 11 is 0. The fourth-order valence-electron chi connectivity index (χ4n) is 5.68. The molecule has 4 aromatic rings. The average Bonchev–Trinajstić information content (AvgIpc) is 3.04. The molecule has 0 atom stereocenters. The van der Waals surface area contributed by atoms with E-state index in [0.29, 0.717) is 41.5 Å². The third kappa shape index (κ3) is 6.10. The molecule has 3 aromatic carbocycles. The Morgan fingerprint density at radius 1 is 0.913 bits per heavy atom. The van der Waals surface area contributed by atoms with Crippen LogP contribution in [0.15, 0.2) is 66.9 Å². The topological polar surface area (TPSA) is 86.3 Å². The molecule has 1 saturated heterocycles. The van der Waals surface area contributed by atoms with Gasteiger partial charge < -0.3 is 24.6 Å². The Bertz CT molecular complexity index is 1760. The molecule has 3 heterocycles. The second-order valence-electron chi connectivity index (χ2n) is 11.3. The van der Waals surface area contributed by atoms with Crippen LogP contribution in [0.4, 0.5) is 52.5 Å². The van der Waals surface area contributed by atoms with Crippen molar-refractivity contribution in [2.75, 3.05) is 67.5 Å². The van der Waals surface area contributed by atoms with E-state index in [1.54, 1.807) is 35.4 Å². The van der Waals surface area contributed by atoms with Crippen LogP contribution in [0.2, 0.25) is 0 Å². The maximum atomic E-state index is 14.3. The molecule has 2 aliphatic heterocycles. The molecule has 0 saturated carbocycles. The van der Waals surface area contributed by atoms with Gasteiger partial charge in [-0.1, -0.05) is 18.2 Å². The second kappa shape index (κ2) is 12.4. The van der Waals surface area contributed by atoms with E-state index in [0.717, 1.165) is 30.4 Å². The number of ether oxygens (including phenoxy) is 2. The molecule has 240 valence electrons. The van der Waals surface area contributed by atoms with Crippen molar-refractivity contribution < 1.29 is 27.4 Å². The molecule has 2 amide bonds. The summed E-state index contributed by atoms with van der Waals surface area (Å²) in [6, 6.07) is 16.1. The molecule has 0 bridgehead atoms. The lowest BCUT2D eigenvalue weighted by atomic mass is 10.1. The number of benzene rings is 3. The highest BCUT2D eigenvalue weighted by Gasteiger charge is 2.37. The molecular weight excluding hydrogens is 599 g/mol. The van der Waals surface area contributed by atoms with Crippen LogP contribution in [0, 0.1) is 6.92 Å². The summed E-state index contributed by atoms with van der Waals surface area (Å²) in [5.74, 6) is 1.22. The first-order chi connectivity index (χ1) is 22.0. The fraction of sp³-hybridized carbons (Fsp3) is 0.303. The van der Waals surface area contributed by atoms with Gasteiger partial charge in [-0.3, -0.25) is 4.90 Å². The van der Waals surface area contributed by atoms with Crippen molar-refractivity contribution in [3.8, 4) is 11.5 Å². The van der Waals surface area contributed by atoms with Crippen LogP contribution in [-0.4, -0.2) is 68.3 Å². The summed E-state index contributed by atoms with van der Waals surface area (Å²) in [5.41, 5.74) is 2.53. The van der Waals surface area contributed by atoms with E-state index in [1.165, 1.54) is 25.2 Å². The zero-order chi connectivity index (χ0) is 32.6. The second-order valence-corrected chi connectivity index (χ2v) is 11.3. The third-order valence-electron chi connectivity index (χ3n) is 8.21. The number of halogens is 3. The minimum Gasteiger partial charge on any atom is -0.497 e. The van der Waals surface area contributed by atoms with Gasteiger partial charge in [0.25, 0.3) is 0 Å². The smallest absolute Gasteiger partial charge is 0.416 e. The number of fused-ring (bicyclic) bond motifs is 1. The first kappa shape index (κ1) is 31.0. The van der Waals surface area contributed by atoms with Gasteiger partial charge in [0, 0.05) is 61.1 Å². The number of urea groups is 1. The number of methoxy groups -OCH3 is 2. The first-order valence-corrected chi connectivity index (χ1v) is 14.7. The molecule has 0 spiro atoms. The molecule has 10 nitrogen and oxygen atoms in total. The van der Waals surface area contributed by atoms with Crippen molar-refractivity contribution in [1.82, 2.24) is 14.9 Å². The summed E-state index contributed by atoms with van der Waals surface area (Å²) in [6.07, 6.45) is -2.97. The Balaban J connectivity index is 1.42. The van der Waals surface area contributed by atoms with Crippen LogP contribution in [0.5, 0.6) is 11.5 Å². The Kier molecular flexibility index (Phi) is 8.34. The minimum atomic E-state index is -4.55. The Morgan fingerprint density at radius 3 is 2.37 bits per heavy atom. The molecule has 0 radical (unpaired) electrons. The predicted molar refractivity (Wildman–Crippen MR) is 171 cm³/mol. The van der Waals surface area contributed by atoms with Crippen molar-refractivity contribution in [2.45, 2.75) is 19.6 Å². The van der Waals surface area contributed by atoms with Gasteiger partial charge in [0.15, 0.2) is 5.82 Å². The van der Waals surface area contributed by atoms with Crippen molar-refractivity contribution in [2.24, 2.45) is 0 Å². The Morgan fingerprint density at radius 2 is 1.67 bits per heavy atom. The molecule has 46 heavy (non-hydrogen) atoms.